The topological polar surface area (TPSA) is 0 Å². The van der Waals surface area contributed by atoms with Gasteiger partial charge in [-0.25, -0.2) is 8.78 Å². The van der Waals surface area contributed by atoms with Crippen molar-refractivity contribution < 1.29 is 8.78 Å². The number of hydrogen-bond acceptors (Lipinski definition) is 0. The first-order chi connectivity index (χ1) is 7.58. The summed E-state index contributed by atoms with van der Waals surface area (Å²) >= 11 is 0. The fourth-order valence-corrected chi connectivity index (χ4v) is 1.14. The van der Waals surface area contributed by atoms with E-state index >= 15 is 0 Å². The Kier molecular flexibility index (Phi) is 4.65. The van der Waals surface area contributed by atoms with Crippen LogP contribution in [0, 0.1) is 25.5 Å². The first-order valence-electron chi connectivity index (χ1n) is 5.02. The Morgan fingerprint density at radius 1 is 0.688 bits per heavy atom. The van der Waals surface area contributed by atoms with E-state index in [9.17, 15) is 8.78 Å². The van der Waals surface area contributed by atoms with Gasteiger partial charge >= 0.3 is 0 Å². The zero-order valence-electron chi connectivity index (χ0n) is 9.37. The van der Waals surface area contributed by atoms with Crippen molar-refractivity contribution in [1.29, 1.82) is 0 Å². The molecule has 2 aromatic carbocycles. The highest BCUT2D eigenvalue weighted by Crippen LogP contribution is 2.00. The summed E-state index contributed by atoms with van der Waals surface area (Å²) in [6, 6.07) is 12.9. The van der Waals surface area contributed by atoms with Gasteiger partial charge < -0.3 is 0 Å². The molecule has 0 N–H and O–H groups in total. The average Bonchev–Trinajstić information content (AvgIpc) is 2.23. The third kappa shape index (κ3) is 4.69. The molecule has 0 fully saturated rings. The molecule has 0 nitrogen and oxygen atoms in total. The van der Waals surface area contributed by atoms with E-state index < -0.39 is 0 Å². The highest BCUT2D eigenvalue weighted by atomic mass is 19.1. The third-order valence-electron chi connectivity index (χ3n) is 1.99. The monoisotopic (exact) mass is 220 g/mol. The van der Waals surface area contributed by atoms with Crippen LogP contribution < -0.4 is 0 Å². The van der Waals surface area contributed by atoms with Gasteiger partial charge in [-0.2, -0.15) is 0 Å². The van der Waals surface area contributed by atoms with Crippen LogP contribution >= 0.6 is 0 Å². The maximum atomic E-state index is 12.2. The van der Waals surface area contributed by atoms with E-state index in [4.69, 9.17) is 0 Å². The van der Waals surface area contributed by atoms with Crippen LogP contribution in [-0.4, -0.2) is 0 Å². The molecule has 2 heteroatoms. The van der Waals surface area contributed by atoms with Gasteiger partial charge in [0.05, 0.1) is 0 Å². The van der Waals surface area contributed by atoms with Crippen molar-refractivity contribution in [3.05, 3.63) is 71.3 Å². The molecule has 0 unspecified atom stereocenters. The summed E-state index contributed by atoms with van der Waals surface area (Å²) < 4.78 is 24.3. The predicted molar refractivity (Wildman–Crippen MR) is 62.3 cm³/mol. The van der Waals surface area contributed by atoms with Gasteiger partial charge in [-0.05, 0) is 43.7 Å². The van der Waals surface area contributed by atoms with Gasteiger partial charge in [-0.15, -0.1) is 0 Å². The maximum Gasteiger partial charge on any atom is 0.123 e. The average molecular weight is 220 g/mol. The second-order valence-electron chi connectivity index (χ2n) is 3.59. The molecular formula is C14H14F2. The van der Waals surface area contributed by atoms with E-state index in [-0.39, 0.29) is 11.6 Å². The minimum Gasteiger partial charge on any atom is -0.207 e. The molecule has 2 aromatic rings. The summed E-state index contributed by atoms with van der Waals surface area (Å²) in [4.78, 5) is 0. The molecule has 0 saturated carbocycles. The lowest BCUT2D eigenvalue weighted by Crippen LogP contribution is -1.72. The molecule has 0 atom stereocenters. The molecule has 0 aliphatic heterocycles. The van der Waals surface area contributed by atoms with Gasteiger partial charge in [0.25, 0.3) is 0 Å². The standard InChI is InChI=1S/2C7H7F/c1-6-2-4-7(8)5-3-6;1-6-3-2-4-7(8)5-6/h2*2-5H,1H3. The van der Waals surface area contributed by atoms with Crippen LogP contribution in [0.25, 0.3) is 0 Å². The molecule has 0 aromatic heterocycles. The van der Waals surface area contributed by atoms with Crippen LogP contribution in [0.3, 0.4) is 0 Å². The van der Waals surface area contributed by atoms with Crippen LogP contribution in [0.15, 0.2) is 48.5 Å². The van der Waals surface area contributed by atoms with E-state index in [1.807, 2.05) is 19.9 Å². The van der Waals surface area contributed by atoms with E-state index in [0.717, 1.165) is 11.1 Å². The molecule has 0 radical (unpaired) electrons. The summed E-state index contributed by atoms with van der Waals surface area (Å²) in [6.07, 6.45) is 0. The van der Waals surface area contributed by atoms with E-state index in [0.29, 0.717) is 0 Å². The van der Waals surface area contributed by atoms with Gasteiger partial charge in [0, 0.05) is 0 Å². The Bertz CT molecular complexity index is 394. The summed E-state index contributed by atoms with van der Waals surface area (Å²) in [6.45, 7) is 3.79. The summed E-state index contributed by atoms with van der Waals surface area (Å²) in [7, 11) is 0. The first-order valence-corrected chi connectivity index (χ1v) is 5.02. The molecule has 0 aliphatic carbocycles. The van der Waals surface area contributed by atoms with Crippen molar-refractivity contribution in [2.75, 3.05) is 0 Å². The number of hydrogen-bond donors (Lipinski definition) is 0. The fourth-order valence-electron chi connectivity index (χ4n) is 1.14. The number of benzene rings is 2. The maximum absolute atomic E-state index is 12.2. The zero-order chi connectivity index (χ0) is 12.0. The van der Waals surface area contributed by atoms with Crippen molar-refractivity contribution in [2.24, 2.45) is 0 Å². The van der Waals surface area contributed by atoms with E-state index in [1.54, 1.807) is 18.2 Å². The van der Waals surface area contributed by atoms with Gasteiger partial charge in [0.15, 0.2) is 0 Å². The minimum absolute atomic E-state index is 0.162. The smallest absolute Gasteiger partial charge is 0.123 e. The minimum atomic E-state index is -0.171. The van der Waals surface area contributed by atoms with Crippen LogP contribution in [0.2, 0.25) is 0 Å². The molecule has 0 spiro atoms. The number of rotatable bonds is 0. The van der Waals surface area contributed by atoms with Crippen LogP contribution in [0.5, 0.6) is 0 Å². The normalized spacial score (nSPS) is 9.25. The summed E-state index contributed by atoms with van der Waals surface area (Å²) in [5.41, 5.74) is 2.05. The van der Waals surface area contributed by atoms with Gasteiger partial charge in [0.2, 0.25) is 0 Å². The Morgan fingerprint density at radius 2 is 1.31 bits per heavy atom. The van der Waals surface area contributed by atoms with Crippen LogP contribution in [0.4, 0.5) is 8.78 Å². The molecule has 16 heavy (non-hydrogen) atoms. The largest absolute Gasteiger partial charge is 0.207 e. The molecular weight excluding hydrogens is 206 g/mol. The molecule has 2 rings (SSSR count). The quantitative estimate of drug-likeness (QED) is 0.622. The SMILES string of the molecule is Cc1ccc(F)cc1.Cc1cccc(F)c1. The van der Waals surface area contributed by atoms with Crippen molar-refractivity contribution in [1.82, 2.24) is 0 Å². The molecule has 0 bridgehead atoms. The Hall–Kier alpha value is -1.70. The third-order valence-corrected chi connectivity index (χ3v) is 1.99. The first kappa shape index (κ1) is 12.4. The van der Waals surface area contributed by atoms with Crippen molar-refractivity contribution >= 4 is 0 Å². The van der Waals surface area contributed by atoms with Gasteiger partial charge in [-0.1, -0.05) is 29.8 Å². The molecule has 0 heterocycles. The second kappa shape index (κ2) is 6.01. The Morgan fingerprint density at radius 3 is 1.69 bits per heavy atom. The fraction of sp³-hybridized carbons (Fsp3) is 0.143. The van der Waals surface area contributed by atoms with Crippen LogP contribution in [0.1, 0.15) is 11.1 Å². The highest BCUT2D eigenvalue weighted by Gasteiger charge is 1.85. The zero-order valence-corrected chi connectivity index (χ0v) is 9.37. The predicted octanol–water partition coefficient (Wildman–Crippen LogP) is 4.27. The molecule has 0 amide bonds. The lowest BCUT2D eigenvalue weighted by molar-refractivity contribution is 0.626. The lowest BCUT2D eigenvalue weighted by atomic mass is 10.2. The second-order valence-corrected chi connectivity index (χ2v) is 3.59. The van der Waals surface area contributed by atoms with Crippen molar-refractivity contribution in [3.63, 3.8) is 0 Å². The summed E-state index contributed by atoms with van der Waals surface area (Å²) in [5.74, 6) is -0.333. The van der Waals surface area contributed by atoms with Crippen molar-refractivity contribution in [3.8, 4) is 0 Å². The lowest BCUT2D eigenvalue weighted by Gasteiger charge is -1.87. The Balaban J connectivity index is 0.000000160. The van der Waals surface area contributed by atoms with E-state index in [1.165, 1.54) is 24.3 Å². The molecule has 0 saturated heterocycles. The highest BCUT2D eigenvalue weighted by molar-refractivity contribution is 5.14. The van der Waals surface area contributed by atoms with Crippen molar-refractivity contribution in [2.45, 2.75) is 13.8 Å². The van der Waals surface area contributed by atoms with Gasteiger partial charge in [-0.3, -0.25) is 0 Å². The Labute approximate surface area is 94.6 Å². The summed E-state index contributed by atoms with van der Waals surface area (Å²) in [5, 5.41) is 0. The number of aryl methyl sites for hydroxylation is 2. The molecule has 84 valence electrons. The van der Waals surface area contributed by atoms with E-state index in [2.05, 4.69) is 0 Å². The van der Waals surface area contributed by atoms with Gasteiger partial charge in [0.1, 0.15) is 11.6 Å². The van der Waals surface area contributed by atoms with Crippen LogP contribution in [-0.2, 0) is 0 Å². The number of halogens is 2. The molecule has 0 aliphatic rings.